The molecule has 1 saturated carbocycles. The minimum Gasteiger partial charge on any atom is -0.310 e. The number of hydrogen-bond donors (Lipinski definition) is 2. The predicted octanol–water partition coefficient (Wildman–Crippen LogP) is 3.17. The van der Waals surface area contributed by atoms with E-state index in [-0.39, 0.29) is 11.3 Å². The lowest BCUT2D eigenvalue weighted by atomic mass is 9.92. The van der Waals surface area contributed by atoms with Crippen LogP contribution in [-0.4, -0.2) is 28.8 Å². The lowest BCUT2D eigenvalue weighted by molar-refractivity contribution is -0.115. The molecule has 0 atom stereocenters. The molecule has 1 aromatic carbocycles. The third kappa shape index (κ3) is 5.16. The molecule has 0 saturated heterocycles. The van der Waals surface area contributed by atoms with E-state index in [2.05, 4.69) is 43.5 Å². The van der Waals surface area contributed by atoms with Gasteiger partial charge in [0.15, 0.2) is 0 Å². The lowest BCUT2D eigenvalue weighted by Crippen LogP contribution is -2.30. The van der Waals surface area contributed by atoms with Crippen molar-refractivity contribution in [1.29, 1.82) is 0 Å². The number of benzene rings is 1. The second-order valence-electron chi connectivity index (χ2n) is 7.93. The normalized spacial score (nSPS) is 14.5. The van der Waals surface area contributed by atoms with Crippen LogP contribution in [0, 0.1) is 5.92 Å². The first-order valence-electron chi connectivity index (χ1n) is 9.04. The lowest BCUT2D eigenvalue weighted by Gasteiger charge is -2.14. The summed E-state index contributed by atoms with van der Waals surface area (Å²) in [7, 11) is 0. The van der Waals surface area contributed by atoms with Gasteiger partial charge in [-0.15, -0.1) is 0 Å². The van der Waals surface area contributed by atoms with Crippen LogP contribution in [0.2, 0.25) is 0 Å². The van der Waals surface area contributed by atoms with Crippen molar-refractivity contribution in [2.45, 2.75) is 45.6 Å². The quantitative estimate of drug-likeness (QED) is 0.814. The Labute approximate surface area is 149 Å². The maximum atomic E-state index is 12.3. The average Bonchev–Trinajstić information content (AvgIpc) is 3.29. The van der Waals surface area contributed by atoms with E-state index in [1.165, 1.54) is 12.8 Å². The van der Waals surface area contributed by atoms with Gasteiger partial charge >= 0.3 is 0 Å². The van der Waals surface area contributed by atoms with E-state index in [1.807, 2.05) is 28.9 Å². The first-order chi connectivity index (χ1) is 11.9. The van der Waals surface area contributed by atoms with Gasteiger partial charge in [0.1, 0.15) is 5.82 Å². The van der Waals surface area contributed by atoms with Gasteiger partial charge < -0.3 is 10.6 Å². The molecule has 0 aliphatic heterocycles. The third-order valence-electron chi connectivity index (χ3n) is 4.41. The molecule has 2 N–H and O–H groups in total. The summed E-state index contributed by atoms with van der Waals surface area (Å²) in [5.74, 6) is 1.51. The monoisotopic (exact) mass is 340 g/mol. The number of anilines is 1. The zero-order chi connectivity index (χ0) is 17.9. The zero-order valence-electron chi connectivity index (χ0n) is 15.4. The molecule has 1 aromatic heterocycles. The van der Waals surface area contributed by atoms with E-state index in [0.29, 0.717) is 13.1 Å². The summed E-state index contributed by atoms with van der Waals surface area (Å²) >= 11 is 0. The van der Waals surface area contributed by atoms with Gasteiger partial charge in [-0.2, -0.15) is 5.10 Å². The van der Waals surface area contributed by atoms with E-state index in [0.717, 1.165) is 29.5 Å². The molecule has 5 nitrogen and oxygen atoms in total. The van der Waals surface area contributed by atoms with E-state index in [1.54, 1.807) is 0 Å². The molecule has 134 valence electrons. The van der Waals surface area contributed by atoms with E-state index in [9.17, 15) is 4.79 Å². The number of aromatic nitrogens is 2. The largest absolute Gasteiger partial charge is 0.310 e. The Morgan fingerprint density at radius 3 is 2.60 bits per heavy atom. The van der Waals surface area contributed by atoms with Gasteiger partial charge in [-0.25, -0.2) is 4.68 Å². The molecule has 2 aromatic rings. The Morgan fingerprint density at radius 2 is 1.96 bits per heavy atom. The van der Waals surface area contributed by atoms with Crippen LogP contribution in [0.4, 0.5) is 5.82 Å². The van der Waals surface area contributed by atoms with Crippen molar-refractivity contribution in [2.75, 3.05) is 18.4 Å². The molecule has 0 radical (unpaired) electrons. The molecule has 3 rings (SSSR count). The third-order valence-corrected chi connectivity index (χ3v) is 4.41. The molecule has 25 heavy (non-hydrogen) atoms. The number of amides is 1. The summed E-state index contributed by atoms with van der Waals surface area (Å²) in [6, 6.07) is 12.2. The molecule has 1 heterocycles. The van der Waals surface area contributed by atoms with E-state index < -0.39 is 0 Å². The van der Waals surface area contributed by atoms with Crippen molar-refractivity contribution < 1.29 is 4.79 Å². The smallest absolute Gasteiger partial charge is 0.239 e. The Morgan fingerprint density at radius 1 is 1.24 bits per heavy atom. The molecule has 1 amide bonds. The van der Waals surface area contributed by atoms with Crippen LogP contribution in [0.3, 0.4) is 0 Å². The van der Waals surface area contributed by atoms with Crippen molar-refractivity contribution in [3.63, 3.8) is 0 Å². The number of carbonyl (C=O) groups is 1. The van der Waals surface area contributed by atoms with Crippen LogP contribution in [0.1, 0.15) is 44.9 Å². The van der Waals surface area contributed by atoms with E-state index in [4.69, 9.17) is 5.10 Å². The highest BCUT2D eigenvalue weighted by atomic mass is 16.2. The molecule has 0 spiro atoms. The molecular formula is C20H28N4O. The minimum atomic E-state index is -0.0639. The molecule has 5 heteroatoms. The van der Waals surface area contributed by atoms with Gasteiger partial charge in [0.05, 0.1) is 18.8 Å². The first kappa shape index (κ1) is 17.7. The van der Waals surface area contributed by atoms with Crippen molar-refractivity contribution in [2.24, 2.45) is 5.92 Å². The zero-order valence-corrected chi connectivity index (χ0v) is 15.4. The van der Waals surface area contributed by atoms with Gasteiger partial charge in [0, 0.05) is 11.5 Å². The number of rotatable bonds is 7. The standard InChI is InChI=1S/C20H28N4O/c1-20(2,3)17-11-18(22-19(25)13-21-12-15-9-10-15)24(23-17)14-16-7-5-4-6-8-16/h4-8,11,15,21H,9-10,12-14H2,1-3H3,(H,22,25). The Balaban J connectivity index is 1.70. The molecular weight excluding hydrogens is 312 g/mol. The van der Waals surface area contributed by atoms with E-state index >= 15 is 0 Å². The summed E-state index contributed by atoms with van der Waals surface area (Å²) in [4.78, 5) is 12.3. The van der Waals surface area contributed by atoms with Gasteiger partial charge in [-0.05, 0) is 30.9 Å². The predicted molar refractivity (Wildman–Crippen MR) is 101 cm³/mol. The SMILES string of the molecule is CC(C)(C)c1cc(NC(=O)CNCC2CC2)n(Cc2ccccc2)n1. The van der Waals surface area contributed by atoms with Crippen LogP contribution in [0.25, 0.3) is 0 Å². The highest BCUT2D eigenvalue weighted by Gasteiger charge is 2.22. The fraction of sp³-hybridized carbons (Fsp3) is 0.500. The molecule has 1 aliphatic carbocycles. The minimum absolute atomic E-state index is 0.0182. The molecule has 1 aliphatic rings. The fourth-order valence-electron chi connectivity index (χ4n) is 2.66. The van der Waals surface area contributed by atoms with Crippen molar-refractivity contribution in [1.82, 2.24) is 15.1 Å². The summed E-state index contributed by atoms with van der Waals surface area (Å²) in [6.45, 7) is 8.31. The maximum Gasteiger partial charge on any atom is 0.239 e. The molecule has 0 bridgehead atoms. The van der Waals surface area contributed by atoms with Crippen LogP contribution in [-0.2, 0) is 16.8 Å². The Kier molecular flexibility index (Phi) is 5.23. The first-order valence-corrected chi connectivity index (χ1v) is 9.04. The Hall–Kier alpha value is -2.14. The number of carbonyl (C=O) groups excluding carboxylic acids is 1. The summed E-state index contributed by atoms with van der Waals surface area (Å²) < 4.78 is 1.88. The second kappa shape index (κ2) is 7.40. The highest BCUT2D eigenvalue weighted by Crippen LogP contribution is 2.27. The van der Waals surface area contributed by atoms with Gasteiger partial charge in [-0.1, -0.05) is 51.1 Å². The van der Waals surface area contributed by atoms with Crippen molar-refractivity contribution in [3.8, 4) is 0 Å². The molecule has 1 fully saturated rings. The van der Waals surface area contributed by atoms with Crippen LogP contribution in [0.5, 0.6) is 0 Å². The van der Waals surface area contributed by atoms with Crippen LogP contribution < -0.4 is 10.6 Å². The fourth-order valence-corrected chi connectivity index (χ4v) is 2.66. The summed E-state index contributed by atoms with van der Waals surface area (Å²) in [5.41, 5.74) is 2.07. The number of nitrogens with zero attached hydrogens (tertiary/aromatic N) is 2. The Bertz CT molecular complexity index is 711. The topological polar surface area (TPSA) is 59.0 Å². The van der Waals surface area contributed by atoms with Gasteiger partial charge in [-0.3, -0.25) is 4.79 Å². The van der Waals surface area contributed by atoms with Gasteiger partial charge in [0.25, 0.3) is 0 Å². The average molecular weight is 340 g/mol. The second-order valence-corrected chi connectivity index (χ2v) is 7.93. The molecule has 0 unspecified atom stereocenters. The number of nitrogens with one attached hydrogen (secondary N) is 2. The maximum absolute atomic E-state index is 12.3. The van der Waals surface area contributed by atoms with Gasteiger partial charge in [0.2, 0.25) is 5.91 Å². The highest BCUT2D eigenvalue weighted by molar-refractivity contribution is 5.91. The van der Waals surface area contributed by atoms with Crippen LogP contribution in [0.15, 0.2) is 36.4 Å². The van der Waals surface area contributed by atoms with Crippen molar-refractivity contribution in [3.05, 3.63) is 47.7 Å². The summed E-state index contributed by atoms with van der Waals surface area (Å²) in [6.07, 6.45) is 2.57. The van der Waals surface area contributed by atoms with Crippen LogP contribution >= 0.6 is 0 Å². The number of hydrogen-bond acceptors (Lipinski definition) is 3. The summed E-state index contributed by atoms with van der Waals surface area (Å²) in [5, 5.41) is 11.0. The van der Waals surface area contributed by atoms with Crippen molar-refractivity contribution >= 4 is 11.7 Å².